The van der Waals surface area contributed by atoms with Crippen LogP contribution in [0.1, 0.15) is 29.3 Å². The van der Waals surface area contributed by atoms with Crippen LogP contribution in [0.15, 0.2) is 78.9 Å². The van der Waals surface area contributed by atoms with Gasteiger partial charge in [0.25, 0.3) is 5.91 Å². The lowest BCUT2D eigenvalue weighted by Crippen LogP contribution is -2.39. The molecule has 3 aromatic rings. The second-order valence-electron chi connectivity index (χ2n) is 8.43. The maximum absolute atomic E-state index is 13.6. The highest BCUT2D eigenvalue weighted by molar-refractivity contribution is 7.80. The molecule has 0 bridgehead atoms. The molecule has 1 unspecified atom stereocenters. The Morgan fingerprint density at radius 2 is 1.68 bits per heavy atom. The molecular formula is C28H26FN3O4S. The summed E-state index contributed by atoms with van der Waals surface area (Å²) in [5.74, 6) is -1.59. The van der Waals surface area contributed by atoms with E-state index in [-0.39, 0.29) is 24.0 Å². The molecule has 1 N–H and O–H groups in total. The van der Waals surface area contributed by atoms with E-state index in [9.17, 15) is 18.8 Å². The van der Waals surface area contributed by atoms with Crippen molar-refractivity contribution in [3.05, 3.63) is 95.8 Å². The molecule has 0 radical (unpaired) electrons. The molecule has 1 saturated heterocycles. The first kappa shape index (κ1) is 26.0. The number of anilines is 2. The van der Waals surface area contributed by atoms with Crippen LogP contribution in [0.3, 0.4) is 0 Å². The van der Waals surface area contributed by atoms with Gasteiger partial charge in [-0.1, -0.05) is 30.3 Å². The van der Waals surface area contributed by atoms with Crippen LogP contribution in [0, 0.1) is 5.82 Å². The lowest BCUT2D eigenvalue weighted by atomic mass is 10.1. The number of hydrogen-bond acceptors (Lipinski definition) is 5. The minimum absolute atomic E-state index is 0.136. The molecular weight excluding hydrogens is 493 g/mol. The normalized spacial score (nSPS) is 15.1. The van der Waals surface area contributed by atoms with Crippen molar-refractivity contribution in [1.29, 1.82) is 0 Å². The molecule has 2 amide bonds. The number of carbonyl (C=O) groups excluding carboxylic acids is 3. The summed E-state index contributed by atoms with van der Waals surface area (Å²) in [5.41, 5.74) is 2.36. The van der Waals surface area contributed by atoms with Crippen molar-refractivity contribution in [1.82, 2.24) is 4.90 Å². The van der Waals surface area contributed by atoms with Crippen molar-refractivity contribution in [2.24, 2.45) is 0 Å². The highest BCUT2D eigenvalue weighted by Gasteiger charge is 2.43. The number of nitrogens with zero attached hydrogens (tertiary/aromatic N) is 2. The largest absolute Gasteiger partial charge is 0.462 e. The Balaban J connectivity index is 1.55. The van der Waals surface area contributed by atoms with Gasteiger partial charge >= 0.3 is 5.97 Å². The summed E-state index contributed by atoms with van der Waals surface area (Å²) in [6.07, 6.45) is 0.489. The summed E-state index contributed by atoms with van der Waals surface area (Å²) in [5, 5.41) is 3.00. The van der Waals surface area contributed by atoms with Crippen molar-refractivity contribution in [3.8, 4) is 0 Å². The molecule has 1 aliphatic heterocycles. The number of benzene rings is 3. The minimum atomic E-state index is -0.818. The van der Waals surface area contributed by atoms with Gasteiger partial charge in [0.1, 0.15) is 11.9 Å². The van der Waals surface area contributed by atoms with Gasteiger partial charge in [-0.15, -0.1) is 0 Å². The van der Waals surface area contributed by atoms with Crippen LogP contribution >= 0.6 is 12.2 Å². The second kappa shape index (κ2) is 11.7. The standard InChI is InChI=1S/C28H26FN3O4S/c1-2-36-27(35)20-8-14-23(15-9-20)32-26(34)24(18-25(33)30-22-12-10-21(29)11-13-22)31(28(32)37)17-16-19-6-4-3-5-7-19/h3-15,24H,2,16-18H2,1H3,(H,30,33). The van der Waals surface area contributed by atoms with E-state index < -0.39 is 23.7 Å². The summed E-state index contributed by atoms with van der Waals surface area (Å²) < 4.78 is 18.2. The van der Waals surface area contributed by atoms with Crippen LogP contribution in [-0.4, -0.2) is 47.0 Å². The van der Waals surface area contributed by atoms with Crippen LogP contribution in [0.2, 0.25) is 0 Å². The van der Waals surface area contributed by atoms with Crippen molar-refractivity contribution in [3.63, 3.8) is 0 Å². The Hall–Kier alpha value is -4.11. The third-order valence-corrected chi connectivity index (χ3v) is 6.36. The average Bonchev–Trinajstić information content (AvgIpc) is 3.13. The molecule has 1 heterocycles. The highest BCUT2D eigenvalue weighted by Crippen LogP contribution is 2.28. The smallest absolute Gasteiger partial charge is 0.338 e. The fourth-order valence-electron chi connectivity index (χ4n) is 4.10. The molecule has 3 aromatic carbocycles. The summed E-state index contributed by atoms with van der Waals surface area (Å²) in [7, 11) is 0. The zero-order valence-corrected chi connectivity index (χ0v) is 21.0. The van der Waals surface area contributed by atoms with E-state index in [2.05, 4.69) is 5.32 Å². The van der Waals surface area contributed by atoms with E-state index >= 15 is 0 Å². The number of thiocarbonyl (C=S) groups is 1. The summed E-state index contributed by atoms with van der Waals surface area (Å²) in [6, 6.07) is 20.8. The van der Waals surface area contributed by atoms with Crippen LogP contribution < -0.4 is 10.2 Å². The van der Waals surface area contributed by atoms with Gasteiger partial charge < -0.3 is 15.0 Å². The third-order valence-electron chi connectivity index (χ3n) is 5.95. The molecule has 0 aliphatic carbocycles. The van der Waals surface area contributed by atoms with Gasteiger partial charge in [0.2, 0.25) is 5.91 Å². The number of amides is 2. The van der Waals surface area contributed by atoms with E-state index in [1.54, 1.807) is 36.1 Å². The Morgan fingerprint density at radius 1 is 1.00 bits per heavy atom. The second-order valence-corrected chi connectivity index (χ2v) is 8.79. The predicted octanol–water partition coefficient (Wildman–Crippen LogP) is 4.58. The minimum Gasteiger partial charge on any atom is -0.462 e. The Kier molecular flexibility index (Phi) is 8.25. The lowest BCUT2D eigenvalue weighted by molar-refractivity contribution is -0.124. The number of esters is 1. The van der Waals surface area contributed by atoms with Crippen LogP contribution in [-0.2, 0) is 20.7 Å². The van der Waals surface area contributed by atoms with Gasteiger partial charge in [-0.25, -0.2) is 9.18 Å². The first-order valence-electron chi connectivity index (χ1n) is 11.9. The number of rotatable bonds is 9. The number of nitrogens with one attached hydrogen (secondary N) is 1. The van der Waals surface area contributed by atoms with Crippen molar-refractivity contribution in [2.45, 2.75) is 25.8 Å². The molecule has 0 saturated carbocycles. The molecule has 9 heteroatoms. The monoisotopic (exact) mass is 519 g/mol. The van der Waals surface area contributed by atoms with E-state index in [0.717, 1.165) is 5.56 Å². The van der Waals surface area contributed by atoms with Gasteiger partial charge in [-0.2, -0.15) is 0 Å². The fraction of sp³-hybridized carbons (Fsp3) is 0.214. The molecule has 0 spiro atoms. The summed E-state index contributed by atoms with van der Waals surface area (Å²) >= 11 is 5.70. The van der Waals surface area contributed by atoms with E-state index in [1.165, 1.54) is 29.2 Å². The number of hydrogen-bond donors (Lipinski definition) is 1. The maximum Gasteiger partial charge on any atom is 0.338 e. The number of ether oxygens (including phenoxy) is 1. The van der Waals surface area contributed by atoms with Gasteiger partial charge in [0, 0.05) is 12.2 Å². The van der Waals surface area contributed by atoms with Gasteiger partial charge in [-0.3, -0.25) is 14.5 Å². The molecule has 190 valence electrons. The van der Waals surface area contributed by atoms with Crippen molar-refractivity contribution < 1.29 is 23.5 Å². The first-order chi connectivity index (χ1) is 17.9. The molecule has 1 fully saturated rings. The summed E-state index contributed by atoms with van der Waals surface area (Å²) in [6.45, 7) is 2.41. The number of halogens is 1. The first-order valence-corrected chi connectivity index (χ1v) is 12.3. The molecule has 7 nitrogen and oxygen atoms in total. The zero-order chi connectivity index (χ0) is 26.4. The lowest BCUT2D eigenvalue weighted by Gasteiger charge is -2.24. The summed E-state index contributed by atoms with van der Waals surface area (Å²) in [4.78, 5) is 41.6. The molecule has 4 rings (SSSR count). The van der Waals surface area contributed by atoms with E-state index in [0.29, 0.717) is 29.9 Å². The van der Waals surface area contributed by atoms with Crippen LogP contribution in [0.4, 0.5) is 15.8 Å². The highest BCUT2D eigenvalue weighted by atomic mass is 32.1. The molecule has 1 aliphatic rings. The zero-order valence-electron chi connectivity index (χ0n) is 20.2. The van der Waals surface area contributed by atoms with Gasteiger partial charge in [0.05, 0.1) is 24.3 Å². The van der Waals surface area contributed by atoms with Gasteiger partial charge in [-0.05, 0) is 79.7 Å². The quantitative estimate of drug-likeness (QED) is 0.330. The molecule has 37 heavy (non-hydrogen) atoms. The predicted molar refractivity (Wildman–Crippen MR) is 143 cm³/mol. The maximum atomic E-state index is 13.6. The Morgan fingerprint density at radius 3 is 2.32 bits per heavy atom. The SMILES string of the molecule is CCOC(=O)c1ccc(N2C(=O)C(CC(=O)Nc3ccc(F)cc3)N(CCc3ccccc3)C2=S)cc1. The number of carbonyl (C=O) groups is 3. The van der Waals surface area contributed by atoms with E-state index in [4.69, 9.17) is 17.0 Å². The molecule has 0 aromatic heterocycles. The van der Waals surface area contributed by atoms with Gasteiger partial charge in [0.15, 0.2) is 5.11 Å². The van der Waals surface area contributed by atoms with Crippen molar-refractivity contribution in [2.75, 3.05) is 23.4 Å². The average molecular weight is 520 g/mol. The molecule has 1 atom stereocenters. The van der Waals surface area contributed by atoms with Crippen molar-refractivity contribution >= 4 is 46.5 Å². The Bertz CT molecular complexity index is 1280. The topological polar surface area (TPSA) is 78.9 Å². The van der Waals surface area contributed by atoms with E-state index in [1.807, 2.05) is 30.3 Å². The Labute approximate surface area is 219 Å². The third kappa shape index (κ3) is 6.18. The van der Waals surface area contributed by atoms with Crippen LogP contribution in [0.25, 0.3) is 0 Å². The fourth-order valence-corrected chi connectivity index (χ4v) is 4.52. The van der Waals surface area contributed by atoms with Crippen LogP contribution in [0.5, 0.6) is 0 Å².